The Kier molecular flexibility index (Phi) is 6.58. The molecular weight excluding hydrogens is 416 g/mol. The van der Waals surface area contributed by atoms with Crippen LogP contribution < -0.4 is 0 Å². The van der Waals surface area contributed by atoms with Crippen LogP contribution in [0, 0.1) is 3.57 Å². The van der Waals surface area contributed by atoms with Crippen molar-refractivity contribution in [2.75, 3.05) is 6.61 Å². The Hall–Kier alpha value is -0.700. The van der Waals surface area contributed by atoms with E-state index in [1.165, 1.54) is 12.1 Å². The Morgan fingerprint density at radius 1 is 1.43 bits per heavy atom. The second kappa shape index (κ2) is 7.53. The van der Waals surface area contributed by atoms with Gasteiger partial charge in [0.15, 0.2) is 4.75 Å². The van der Waals surface area contributed by atoms with Gasteiger partial charge in [-0.05, 0) is 59.3 Å². The molecule has 2 nitrogen and oxygen atoms in total. The van der Waals surface area contributed by atoms with E-state index in [1.54, 1.807) is 25.1 Å². The zero-order chi connectivity index (χ0) is 16.1. The number of carbonyl (C=O) groups excluding carboxylic acids is 1. The molecule has 0 amide bonds. The molecule has 0 aromatic heterocycles. The van der Waals surface area contributed by atoms with E-state index in [2.05, 4.69) is 6.58 Å². The van der Waals surface area contributed by atoms with Gasteiger partial charge in [-0.25, -0.2) is 0 Å². The molecular formula is C14H14F3IO2S. The number of ether oxygens (including phenoxy) is 1. The van der Waals surface area contributed by atoms with Crippen LogP contribution in [-0.2, 0) is 14.3 Å². The highest BCUT2D eigenvalue weighted by Crippen LogP contribution is 2.51. The summed E-state index contributed by atoms with van der Waals surface area (Å²) in [6.45, 7) is 5.06. The van der Waals surface area contributed by atoms with Gasteiger partial charge in [-0.15, -0.1) is 6.58 Å². The summed E-state index contributed by atoms with van der Waals surface area (Å²) in [5.41, 5.74) is -4.29. The third-order valence-electron chi connectivity index (χ3n) is 2.64. The highest BCUT2D eigenvalue weighted by Gasteiger charge is 2.51. The van der Waals surface area contributed by atoms with Crippen molar-refractivity contribution in [1.29, 1.82) is 0 Å². The number of hydrogen-bond acceptors (Lipinski definition) is 3. The SMILES string of the molecule is C=CCC(SC(F)(F)F)(C(=O)OCC)c1ccccc1I. The first kappa shape index (κ1) is 18.3. The molecule has 0 fully saturated rings. The van der Waals surface area contributed by atoms with Crippen LogP contribution in [0.2, 0.25) is 0 Å². The summed E-state index contributed by atoms with van der Waals surface area (Å²) >= 11 is 1.55. The van der Waals surface area contributed by atoms with E-state index >= 15 is 0 Å². The van der Waals surface area contributed by atoms with E-state index in [0.717, 1.165) is 0 Å². The van der Waals surface area contributed by atoms with Crippen molar-refractivity contribution in [3.05, 3.63) is 46.1 Å². The molecule has 21 heavy (non-hydrogen) atoms. The highest BCUT2D eigenvalue weighted by molar-refractivity contribution is 14.1. The molecule has 0 aliphatic heterocycles. The van der Waals surface area contributed by atoms with E-state index in [-0.39, 0.29) is 30.4 Å². The largest absolute Gasteiger partial charge is 0.465 e. The molecule has 1 aromatic carbocycles. The quantitative estimate of drug-likeness (QED) is 0.366. The molecule has 0 spiro atoms. The standard InChI is InChI=1S/C14H14F3IO2S/c1-3-9-13(12(19)20-4-2,21-14(15,16)17)10-7-5-6-8-11(10)18/h3,5-8H,1,4,9H2,2H3. The zero-order valence-electron chi connectivity index (χ0n) is 11.2. The molecule has 0 saturated carbocycles. The number of allylic oxidation sites excluding steroid dienone is 1. The van der Waals surface area contributed by atoms with Crippen molar-refractivity contribution < 1.29 is 22.7 Å². The van der Waals surface area contributed by atoms with E-state index in [1.807, 2.05) is 22.6 Å². The Labute approximate surface area is 139 Å². The predicted octanol–water partition coefficient (Wildman–Crippen LogP) is 4.88. The minimum atomic E-state index is -4.57. The molecule has 0 saturated heterocycles. The summed E-state index contributed by atoms with van der Waals surface area (Å²) in [7, 11) is 0. The lowest BCUT2D eigenvalue weighted by Crippen LogP contribution is -2.37. The lowest BCUT2D eigenvalue weighted by Gasteiger charge is -2.31. The molecule has 0 radical (unpaired) electrons. The van der Waals surface area contributed by atoms with E-state index in [0.29, 0.717) is 3.57 Å². The first-order chi connectivity index (χ1) is 9.77. The van der Waals surface area contributed by atoms with Gasteiger partial charge in [0, 0.05) is 3.57 Å². The van der Waals surface area contributed by atoms with Gasteiger partial charge in [-0.1, -0.05) is 24.3 Å². The first-order valence-electron chi connectivity index (χ1n) is 6.07. The van der Waals surface area contributed by atoms with Gasteiger partial charge in [0.1, 0.15) is 0 Å². The monoisotopic (exact) mass is 430 g/mol. The molecule has 0 bridgehead atoms. The van der Waals surface area contributed by atoms with Gasteiger partial charge < -0.3 is 4.74 Å². The zero-order valence-corrected chi connectivity index (χ0v) is 14.2. The van der Waals surface area contributed by atoms with Gasteiger partial charge in [-0.3, -0.25) is 4.79 Å². The summed E-state index contributed by atoms with van der Waals surface area (Å²) in [4.78, 5) is 12.3. The van der Waals surface area contributed by atoms with Crippen LogP contribution in [0.1, 0.15) is 18.9 Å². The minimum absolute atomic E-state index is 0.0134. The number of rotatable bonds is 6. The molecule has 116 valence electrons. The maximum atomic E-state index is 13.0. The summed E-state index contributed by atoms with van der Waals surface area (Å²) in [5.74, 6) is -0.906. The van der Waals surface area contributed by atoms with E-state index in [9.17, 15) is 18.0 Å². The minimum Gasteiger partial charge on any atom is -0.465 e. The second-order valence-electron chi connectivity index (χ2n) is 4.07. The molecule has 1 aromatic rings. The lowest BCUT2D eigenvalue weighted by atomic mass is 9.94. The third kappa shape index (κ3) is 4.64. The number of benzene rings is 1. The second-order valence-corrected chi connectivity index (χ2v) is 6.59. The highest BCUT2D eigenvalue weighted by atomic mass is 127. The predicted molar refractivity (Wildman–Crippen MR) is 85.9 cm³/mol. The van der Waals surface area contributed by atoms with Crippen LogP contribution >= 0.6 is 34.4 Å². The summed E-state index contributed by atoms with van der Waals surface area (Å²) in [6.07, 6.45) is 1.13. The Balaban J connectivity index is 3.47. The smallest absolute Gasteiger partial charge is 0.443 e. The fraction of sp³-hybridized carbons (Fsp3) is 0.357. The number of thioether (sulfide) groups is 1. The van der Waals surface area contributed by atoms with Gasteiger partial charge in [-0.2, -0.15) is 13.2 Å². The molecule has 1 rings (SSSR count). The first-order valence-corrected chi connectivity index (χ1v) is 7.96. The molecule has 0 aliphatic carbocycles. The summed E-state index contributed by atoms with van der Waals surface area (Å²) < 4.78 is 42.6. The van der Waals surface area contributed by atoms with Crippen LogP contribution in [0.3, 0.4) is 0 Å². The van der Waals surface area contributed by atoms with Crippen LogP contribution in [0.25, 0.3) is 0 Å². The normalized spacial score (nSPS) is 14.3. The van der Waals surface area contributed by atoms with Crippen molar-refractivity contribution in [1.82, 2.24) is 0 Å². The fourth-order valence-corrected chi connectivity index (χ4v) is 3.94. The van der Waals surface area contributed by atoms with Crippen LogP contribution in [0.5, 0.6) is 0 Å². The lowest BCUT2D eigenvalue weighted by molar-refractivity contribution is -0.146. The molecule has 7 heteroatoms. The number of esters is 1. The number of halogens is 4. The summed E-state index contributed by atoms with van der Waals surface area (Å²) in [5, 5.41) is 0. The van der Waals surface area contributed by atoms with E-state index < -0.39 is 16.2 Å². The average molecular weight is 430 g/mol. The maximum absolute atomic E-state index is 13.0. The molecule has 1 atom stereocenters. The van der Waals surface area contributed by atoms with Crippen molar-refractivity contribution in [3.8, 4) is 0 Å². The van der Waals surface area contributed by atoms with Crippen molar-refractivity contribution in [2.45, 2.75) is 23.6 Å². The molecule has 1 unspecified atom stereocenters. The van der Waals surface area contributed by atoms with Crippen molar-refractivity contribution >= 4 is 40.3 Å². The molecule has 0 N–H and O–H groups in total. The van der Waals surface area contributed by atoms with Crippen molar-refractivity contribution in [2.24, 2.45) is 0 Å². The number of alkyl halides is 3. The average Bonchev–Trinajstić information content (AvgIpc) is 2.37. The Bertz CT molecular complexity index is 519. The van der Waals surface area contributed by atoms with Crippen LogP contribution in [0.4, 0.5) is 13.2 Å². The molecule has 0 heterocycles. The Morgan fingerprint density at radius 3 is 2.52 bits per heavy atom. The van der Waals surface area contributed by atoms with Crippen molar-refractivity contribution in [3.63, 3.8) is 0 Å². The van der Waals surface area contributed by atoms with E-state index in [4.69, 9.17) is 4.74 Å². The third-order valence-corrected chi connectivity index (χ3v) is 4.71. The fourth-order valence-electron chi connectivity index (χ4n) is 1.88. The van der Waals surface area contributed by atoms with Gasteiger partial charge in [0.2, 0.25) is 0 Å². The Morgan fingerprint density at radius 2 is 2.05 bits per heavy atom. The van der Waals surface area contributed by atoms with Gasteiger partial charge >= 0.3 is 11.5 Å². The van der Waals surface area contributed by atoms with Crippen LogP contribution in [-0.4, -0.2) is 18.1 Å². The topological polar surface area (TPSA) is 26.3 Å². The van der Waals surface area contributed by atoms with Crippen LogP contribution in [0.15, 0.2) is 36.9 Å². The van der Waals surface area contributed by atoms with Gasteiger partial charge in [0.05, 0.1) is 6.61 Å². The number of carbonyl (C=O) groups is 1. The number of hydrogen-bond donors (Lipinski definition) is 0. The van der Waals surface area contributed by atoms with Gasteiger partial charge in [0.25, 0.3) is 0 Å². The maximum Gasteiger partial charge on any atom is 0.443 e. The summed E-state index contributed by atoms with van der Waals surface area (Å²) in [6, 6.07) is 6.48. The molecule has 0 aliphatic rings.